The molecule has 0 aromatic heterocycles. The highest BCUT2D eigenvalue weighted by Crippen LogP contribution is 2.28. The van der Waals surface area contributed by atoms with Crippen LogP contribution in [-0.4, -0.2) is 25.7 Å². The van der Waals surface area contributed by atoms with Crippen molar-refractivity contribution in [3.63, 3.8) is 0 Å². The normalized spacial score (nSPS) is 10.0. The Kier molecular flexibility index (Phi) is 5.17. The Morgan fingerprint density at radius 3 is 2.72 bits per heavy atom. The molecule has 0 spiro atoms. The molecule has 0 unspecified atom stereocenters. The zero-order valence-corrected chi connectivity index (χ0v) is 12.2. The number of esters is 1. The maximum absolute atomic E-state index is 11.4. The second kappa shape index (κ2) is 6.41. The van der Waals surface area contributed by atoms with Gasteiger partial charge in [0.15, 0.2) is 0 Å². The number of halogens is 1. The molecule has 0 N–H and O–H groups in total. The average Bonchev–Trinajstić information content (AvgIpc) is 2.34. The summed E-state index contributed by atoms with van der Waals surface area (Å²) in [4.78, 5) is 13.3. The molecule has 0 bridgehead atoms. The van der Waals surface area contributed by atoms with E-state index in [1.807, 2.05) is 30.9 Å². The van der Waals surface area contributed by atoms with Crippen LogP contribution in [0.25, 0.3) is 0 Å². The number of hydrogen-bond acceptors (Lipinski definition) is 4. The van der Waals surface area contributed by atoms with Gasteiger partial charge in [0.05, 0.1) is 18.4 Å². The second-order valence-corrected chi connectivity index (χ2v) is 4.90. The van der Waals surface area contributed by atoms with Gasteiger partial charge < -0.3 is 9.64 Å². The molecule has 0 saturated heterocycles. The van der Waals surface area contributed by atoms with Crippen LogP contribution in [0.5, 0.6) is 0 Å². The number of benzene rings is 1. The minimum atomic E-state index is -0.326. The number of hydrogen-bond donors (Lipinski definition) is 0. The first-order valence-electron chi connectivity index (χ1n) is 5.53. The Hall–Kier alpha value is -1.54. The predicted molar refractivity (Wildman–Crippen MR) is 73.4 cm³/mol. The summed E-state index contributed by atoms with van der Waals surface area (Å²) in [6, 6.07) is 7.71. The summed E-state index contributed by atoms with van der Waals surface area (Å²) in [6.07, 6.45) is 0. The van der Waals surface area contributed by atoms with Crippen molar-refractivity contribution in [2.24, 2.45) is 0 Å². The standard InChI is InChI=1S/C13H15BrN2O2/c1-9(2)16(8-13(17)18-3)12-6-4-5-11(14)10(12)7-15/h4-6,9H,8H2,1-3H3. The van der Waals surface area contributed by atoms with E-state index >= 15 is 0 Å². The molecule has 1 aromatic carbocycles. The highest BCUT2D eigenvalue weighted by molar-refractivity contribution is 9.10. The van der Waals surface area contributed by atoms with Crippen LogP contribution in [0.2, 0.25) is 0 Å². The quantitative estimate of drug-likeness (QED) is 0.802. The van der Waals surface area contributed by atoms with Gasteiger partial charge in [-0.25, -0.2) is 0 Å². The monoisotopic (exact) mass is 310 g/mol. The van der Waals surface area contributed by atoms with Gasteiger partial charge in [0.1, 0.15) is 12.6 Å². The van der Waals surface area contributed by atoms with Crippen LogP contribution >= 0.6 is 15.9 Å². The maximum atomic E-state index is 11.4. The molecule has 0 aliphatic rings. The van der Waals surface area contributed by atoms with E-state index in [9.17, 15) is 10.1 Å². The molecular formula is C13H15BrN2O2. The topological polar surface area (TPSA) is 53.3 Å². The number of ether oxygens (including phenoxy) is 1. The van der Waals surface area contributed by atoms with Gasteiger partial charge in [-0.15, -0.1) is 0 Å². The minimum absolute atomic E-state index is 0.0884. The molecule has 18 heavy (non-hydrogen) atoms. The second-order valence-electron chi connectivity index (χ2n) is 4.04. The number of anilines is 1. The third kappa shape index (κ3) is 3.23. The maximum Gasteiger partial charge on any atom is 0.325 e. The fourth-order valence-corrected chi connectivity index (χ4v) is 2.06. The predicted octanol–water partition coefficient (Wildman–Crippen LogP) is 2.71. The summed E-state index contributed by atoms with van der Waals surface area (Å²) in [7, 11) is 1.35. The van der Waals surface area contributed by atoms with Crippen molar-refractivity contribution in [2.75, 3.05) is 18.6 Å². The molecule has 0 atom stereocenters. The Balaban J connectivity index is 3.18. The van der Waals surface area contributed by atoms with Gasteiger partial charge >= 0.3 is 5.97 Å². The van der Waals surface area contributed by atoms with Crippen molar-refractivity contribution >= 4 is 27.6 Å². The third-order valence-corrected chi connectivity index (χ3v) is 3.22. The Morgan fingerprint density at radius 1 is 1.56 bits per heavy atom. The lowest BCUT2D eigenvalue weighted by Crippen LogP contribution is -2.36. The number of rotatable bonds is 4. The SMILES string of the molecule is COC(=O)CN(c1cccc(Br)c1C#N)C(C)C. The van der Waals surface area contributed by atoms with Crippen LogP contribution in [-0.2, 0) is 9.53 Å². The molecule has 0 radical (unpaired) electrons. The van der Waals surface area contributed by atoms with Gasteiger partial charge in [-0.2, -0.15) is 5.26 Å². The first-order valence-corrected chi connectivity index (χ1v) is 6.32. The zero-order chi connectivity index (χ0) is 13.7. The van der Waals surface area contributed by atoms with Crippen molar-refractivity contribution in [3.8, 4) is 6.07 Å². The number of methoxy groups -OCH3 is 1. The van der Waals surface area contributed by atoms with Gasteiger partial charge in [-0.3, -0.25) is 4.79 Å². The van der Waals surface area contributed by atoms with E-state index in [2.05, 4.69) is 26.7 Å². The highest BCUT2D eigenvalue weighted by Gasteiger charge is 2.19. The molecular weight excluding hydrogens is 296 g/mol. The number of carbonyl (C=O) groups is 1. The van der Waals surface area contributed by atoms with E-state index < -0.39 is 0 Å². The van der Waals surface area contributed by atoms with E-state index in [1.165, 1.54) is 7.11 Å². The molecule has 1 aromatic rings. The van der Waals surface area contributed by atoms with Crippen molar-refractivity contribution < 1.29 is 9.53 Å². The van der Waals surface area contributed by atoms with E-state index in [1.54, 1.807) is 6.07 Å². The zero-order valence-electron chi connectivity index (χ0n) is 10.6. The summed E-state index contributed by atoms with van der Waals surface area (Å²) in [6.45, 7) is 4.05. The van der Waals surface area contributed by atoms with Gasteiger partial charge in [0.2, 0.25) is 0 Å². The molecule has 0 amide bonds. The van der Waals surface area contributed by atoms with E-state index in [0.717, 1.165) is 10.2 Å². The van der Waals surface area contributed by atoms with Gasteiger partial charge in [0.25, 0.3) is 0 Å². The fourth-order valence-electron chi connectivity index (χ4n) is 1.61. The molecule has 4 nitrogen and oxygen atoms in total. The summed E-state index contributed by atoms with van der Waals surface area (Å²) in [5.74, 6) is -0.326. The number of nitrogens with zero attached hydrogens (tertiary/aromatic N) is 2. The average molecular weight is 311 g/mol. The Morgan fingerprint density at radius 2 is 2.22 bits per heavy atom. The van der Waals surface area contributed by atoms with Gasteiger partial charge in [0, 0.05) is 10.5 Å². The van der Waals surface area contributed by atoms with E-state index in [-0.39, 0.29) is 18.6 Å². The lowest BCUT2D eigenvalue weighted by Gasteiger charge is -2.28. The minimum Gasteiger partial charge on any atom is -0.468 e. The molecule has 0 heterocycles. The lowest BCUT2D eigenvalue weighted by atomic mass is 10.1. The van der Waals surface area contributed by atoms with E-state index in [4.69, 9.17) is 0 Å². The number of carbonyl (C=O) groups excluding carboxylic acids is 1. The largest absolute Gasteiger partial charge is 0.468 e. The molecule has 0 saturated carbocycles. The van der Waals surface area contributed by atoms with Crippen LogP contribution in [0.1, 0.15) is 19.4 Å². The van der Waals surface area contributed by atoms with Crippen molar-refractivity contribution in [3.05, 3.63) is 28.2 Å². The molecule has 1 rings (SSSR count). The van der Waals surface area contributed by atoms with Crippen LogP contribution in [0, 0.1) is 11.3 Å². The summed E-state index contributed by atoms with van der Waals surface area (Å²) >= 11 is 3.34. The summed E-state index contributed by atoms with van der Waals surface area (Å²) < 4.78 is 5.40. The summed E-state index contributed by atoms with van der Waals surface area (Å²) in [5, 5.41) is 9.20. The first kappa shape index (κ1) is 14.5. The van der Waals surface area contributed by atoms with Crippen molar-refractivity contribution in [1.29, 1.82) is 5.26 Å². The molecule has 0 aliphatic heterocycles. The van der Waals surface area contributed by atoms with Crippen LogP contribution in [0.3, 0.4) is 0 Å². The molecule has 96 valence electrons. The van der Waals surface area contributed by atoms with Crippen molar-refractivity contribution in [2.45, 2.75) is 19.9 Å². The van der Waals surface area contributed by atoms with Gasteiger partial charge in [-0.05, 0) is 41.9 Å². The van der Waals surface area contributed by atoms with Crippen LogP contribution in [0.15, 0.2) is 22.7 Å². The van der Waals surface area contributed by atoms with E-state index in [0.29, 0.717) is 5.56 Å². The molecule has 5 heteroatoms. The molecule has 0 fully saturated rings. The lowest BCUT2D eigenvalue weighted by molar-refractivity contribution is -0.139. The fraction of sp³-hybridized carbons (Fsp3) is 0.385. The highest BCUT2D eigenvalue weighted by atomic mass is 79.9. The van der Waals surface area contributed by atoms with Crippen LogP contribution < -0.4 is 4.90 Å². The van der Waals surface area contributed by atoms with Crippen LogP contribution in [0.4, 0.5) is 5.69 Å². The summed E-state index contributed by atoms with van der Waals surface area (Å²) in [5.41, 5.74) is 1.25. The first-order chi connectivity index (χ1) is 8.51. The molecule has 0 aliphatic carbocycles. The third-order valence-electron chi connectivity index (χ3n) is 2.56. The van der Waals surface area contributed by atoms with Crippen molar-refractivity contribution in [1.82, 2.24) is 0 Å². The number of nitriles is 1. The Bertz CT molecular complexity index is 480. The van der Waals surface area contributed by atoms with Gasteiger partial charge in [-0.1, -0.05) is 6.07 Å². The Labute approximate surface area is 115 Å². The smallest absolute Gasteiger partial charge is 0.325 e.